The Labute approximate surface area is 183 Å². The van der Waals surface area contributed by atoms with Gasteiger partial charge in [-0.05, 0) is 37.5 Å². The topological polar surface area (TPSA) is 105 Å². The van der Waals surface area contributed by atoms with Gasteiger partial charge in [-0.15, -0.1) is 10.2 Å². The van der Waals surface area contributed by atoms with Crippen molar-refractivity contribution in [2.75, 3.05) is 6.54 Å². The maximum atomic E-state index is 14.2. The number of aromatic nitrogens is 6. The molecule has 1 atom stereocenters. The number of aromatic amines is 1. The van der Waals surface area contributed by atoms with Gasteiger partial charge in [0, 0.05) is 24.9 Å². The highest BCUT2D eigenvalue weighted by Gasteiger charge is 2.39. The maximum Gasteiger partial charge on any atom is 0.312 e. The van der Waals surface area contributed by atoms with Gasteiger partial charge in [0.05, 0.1) is 23.2 Å². The first kappa shape index (κ1) is 20.3. The number of imidazole rings is 1. The second-order valence-corrected chi connectivity index (χ2v) is 8.82. The first-order valence-corrected chi connectivity index (χ1v) is 10.6. The number of H-pyrrole nitrogens is 1. The molecule has 0 saturated heterocycles. The van der Waals surface area contributed by atoms with E-state index in [0.717, 1.165) is 22.5 Å². The number of rotatable bonds is 4. The molecule has 10 heteroatoms. The number of alkyl halides is 1. The Hall–Kier alpha value is -3.56. The maximum absolute atomic E-state index is 14.2. The summed E-state index contributed by atoms with van der Waals surface area (Å²) in [5.74, 6) is -0.646. The van der Waals surface area contributed by atoms with Crippen LogP contribution in [0.3, 0.4) is 0 Å². The summed E-state index contributed by atoms with van der Waals surface area (Å²) in [4.78, 5) is 22.6. The molecule has 0 radical (unpaired) electrons. The Balaban J connectivity index is 1.60. The largest absolute Gasteiger partial charge is 0.413 e. The molecule has 1 amide bonds. The summed E-state index contributed by atoms with van der Waals surface area (Å²) < 4.78 is 21.4. The minimum Gasteiger partial charge on any atom is -0.413 e. The standard InChI is InChI=1S/C22H24FN7O2/c1-12(2)13-6-5-8-30-16(13)10-15(28-30)18-17-14(24-11-25-17)7-9-29(18)20(31)19-26-27-21(32-19)22(3,4)23/h5-6,8,10-12,18H,7,9H2,1-4H3,(H,24,25)/t18-/m1/s1. The predicted octanol–water partition coefficient (Wildman–Crippen LogP) is 3.56. The lowest BCUT2D eigenvalue weighted by Gasteiger charge is -2.32. The lowest BCUT2D eigenvalue weighted by molar-refractivity contribution is 0.0636. The predicted molar refractivity (Wildman–Crippen MR) is 113 cm³/mol. The Morgan fingerprint density at radius 2 is 2.16 bits per heavy atom. The van der Waals surface area contributed by atoms with E-state index >= 15 is 0 Å². The van der Waals surface area contributed by atoms with E-state index in [0.29, 0.717) is 24.6 Å². The molecule has 0 unspecified atom stereocenters. The van der Waals surface area contributed by atoms with Crippen molar-refractivity contribution in [3.05, 3.63) is 65.1 Å². The average Bonchev–Trinajstić information content (AvgIpc) is 3.50. The molecule has 0 aliphatic carbocycles. The molecule has 1 aliphatic rings. The summed E-state index contributed by atoms with van der Waals surface area (Å²) in [6.07, 6.45) is 4.11. The van der Waals surface area contributed by atoms with E-state index in [1.54, 1.807) is 11.2 Å². The summed E-state index contributed by atoms with van der Waals surface area (Å²) in [5.41, 5.74) is 2.67. The van der Waals surface area contributed by atoms with E-state index in [2.05, 4.69) is 40.1 Å². The van der Waals surface area contributed by atoms with E-state index in [9.17, 15) is 9.18 Å². The van der Waals surface area contributed by atoms with Crippen molar-refractivity contribution in [1.29, 1.82) is 0 Å². The molecule has 32 heavy (non-hydrogen) atoms. The highest BCUT2D eigenvalue weighted by atomic mass is 19.1. The quantitative estimate of drug-likeness (QED) is 0.523. The van der Waals surface area contributed by atoms with Crippen molar-refractivity contribution in [3.8, 4) is 0 Å². The molecular weight excluding hydrogens is 413 g/mol. The summed E-state index contributed by atoms with van der Waals surface area (Å²) in [6.45, 7) is 7.27. The fourth-order valence-corrected chi connectivity index (χ4v) is 4.15. The summed E-state index contributed by atoms with van der Waals surface area (Å²) in [6, 6.07) is 5.50. The molecule has 0 aromatic carbocycles. The van der Waals surface area contributed by atoms with Gasteiger partial charge in [0.1, 0.15) is 6.04 Å². The Morgan fingerprint density at radius 3 is 2.88 bits per heavy atom. The number of halogens is 1. The minimum absolute atomic E-state index is 0.232. The molecule has 5 rings (SSSR count). The van der Waals surface area contributed by atoms with Crippen LogP contribution in [0.15, 0.2) is 35.1 Å². The number of hydrogen-bond acceptors (Lipinski definition) is 6. The molecule has 1 aliphatic heterocycles. The van der Waals surface area contributed by atoms with Crippen LogP contribution in [0.2, 0.25) is 0 Å². The zero-order valence-electron chi connectivity index (χ0n) is 18.3. The average molecular weight is 437 g/mol. The SMILES string of the molecule is CC(C)c1cccn2nc([C@@H]3c4nc[nH]c4CCN3C(=O)c3nnc(C(C)(C)F)o3)cc12. The van der Waals surface area contributed by atoms with Gasteiger partial charge in [0.25, 0.3) is 5.89 Å². The number of amides is 1. The number of nitrogens with one attached hydrogen (secondary N) is 1. The number of carbonyl (C=O) groups is 1. The third-order valence-corrected chi connectivity index (χ3v) is 5.76. The molecule has 4 aromatic heterocycles. The van der Waals surface area contributed by atoms with Gasteiger partial charge in [0.15, 0.2) is 5.67 Å². The van der Waals surface area contributed by atoms with Gasteiger partial charge in [-0.25, -0.2) is 13.9 Å². The van der Waals surface area contributed by atoms with Crippen molar-refractivity contribution in [2.24, 2.45) is 0 Å². The summed E-state index contributed by atoms with van der Waals surface area (Å²) >= 11 is 0. The van der Waals surface area contributed by atoms with E-state index in [1.807, 2.05) is 22.8 Å². The zero-order chi connectivity index (χ0) is 22.6. The van der Waals surface area contributed by atoms with Gasteiger partial charge in [-0.3, -0.25) is 4.79 Å². The van der Waals surface area contributed by atoms with Gasteiger partial charge in [0.2, 0.25) is 0 Å². The van der Waals surface area contributed by atoms with Crippen LogP contribution in [0.4, 0.5) is 4.39 Å². The van der Waals surface area contributed by atoms with Crippen LogP contribution in [-0.4, -0.2) is 47.1 Å². The molecule has 1 N–H and O–H groups in total. The third-order valence-electron chi connectivity index (χ3n) is 5.76. The number of pyridine rings is 1. The van der Waals surface area contributed by atoms with Gasteiger partial charge in [-0.1, -0.05) is 19.9 Å². The van der Waals surface area contributed by atoms with Crippen LogP contribution in [0, 0.1) is 0 Å². The Morgan fingerprint density at radius 1 is 1.34 bits per heavy atom. The Bertz CT molecular complexity index is 1300. The Kier molecular flexibility index (Phi) is 4.61. The smallest absolute Gasteiger partial charge is 0.312 e. The van der Waals surface area contributed by atoms with Crippen molar-refractivity contribution < 1.29 is 13.6 Å². The summed E-state index contributed by atoms with van der Waals surface area (Å²) in [7, 11) is 0. The van der Waals surface area contributed by atoms with Crippen LogP contribution >= 0.6 is 0 Å². The minimum atomic E-state index is -1.84. The molecular formula is C22H24FN7O2. The third kappa shape index (κ3) is 3.26. The van der Waals surface area contributed by atoms with E-state index in [4.69, 9.17) is 9.52 Å². The van der Waals surface area contributed by atoms with E-state index in [-0.39, 0.29) is 11.8 Å². The lowest BCUT2D eigenvalue weighted by Crippen LogP contribution is -2.41. The van der Waals surface area contributed by atoms with Crippen LogP contribution in [0.25, 0.3) is 5.52 Å². The number of hydrogen-bond donors (Lipinski definition) is 1. The van der Waals surface area contributed by atoms with Crippen LogP contribution in [0.1, 0.15) is 78.9 Å². The monoisotopic (exact) mass is 437 g/mol. The fraction of sp³-hybridized carbons (Fsp3) is 0.409. The molecule has 0 spiro atoms. The molecule has 9 nitrogen and oxygen atoms in total. The van der Waals surface area contributed by atoms with E-state index < -0.39 is 17.6 Å². The summed E-state index contributed by atoms with van der Waals surface area (Å²) in [5, 5.41) is 12.3. The first-order valence-electron chi connectivity index (χ1n) is 10.6. The van der Waals surface area contributed by atoms with Crippen molar-refractivity contribution in [2.45, 2.75) is 51.7 Å². The normalized spacial score (nSPS) is 16.7. The number of fused-ring (bicyclic) bond motifs is 2. The van der Waals surface area contributed by atoms with Crippen molar-refractivity contribution >= 4 is 11.4 Å². The van der Waals surface area contributed by atoms with Gasteiger partial charge >= 0.3 is 11.8 Å². The first-order chi connectivity index (χ1) is 15.2. The second-order valence-electron chi connectivity index (χ2n) is 8.82. The fourth-order valence-electron chi connectivity index (χ4n) is 4.15. The number of nitrogens with zero attached hydrogens (tertiary/aromatic N) is 6. The van der Waals surface area contributed by atoms with Crippen LogP contribution in [0.5, 0.6) is 0 Å². The van der Waals surface area contributed by atoms with Gasteiger partial charge < -0.3 is 14.3 Å². The van der Waals surface area contributed by atoms with E-state index in [1.165, 1.54) is 13.8 Å². The lowest BCUT2D eigenvalue weighted by atomic mass is 9.98. The van der Waals surface area contributed by atoms with Crippen molar-refractivity contribution in [3.63, 3.8) is 0 Å². The molecule has 0 bridgehead atoms. The van der Waals surface area contributed by atoms with Crippen molar-refractivity contribution in [1.82, 2.24) is 34.7 Å². The zero-order valence-corrected chi connectivity index (χ0v) is 18.3. The number of carbonyl (C=O) groups excluding carboxylic acids is 1. The van der Waals surface area contributed by atoms with Gasteiger partial charge in [-0.2, -0.15) is 5.10 Å². The molecule has 4 aromatic rings. The van der Waals surface area contributed by atoms with Crippen LogP contribution in [-0.2, 0) is 12.1 Å². The molecule has 0 fully saturated rings. The highest BCUT2D eigenvalue weighted by Crippen LogP contribution is 2.35. The molecule has 166 valence electrons. The molecule has 5 heterocycles. The highest BCUT2D eigenvalue weighted by molar-refractivity contribution is 5.90. The van der Waals surface area contributed by atoms with Crippen LogP contribution < -0.4 is 0 Å². The second kappa shape index (κ2) is 7.25. The molecule has 0 saturated carbocycles.